The van der Waals surface area contributed by atoms with E-state index in [-0.39, 0.29) is 0 Å². The van der Waals surface area contributed by atoms with Gasteiger partial charge in [-0.1, -0.05) is 0 Å². The van der Waals surface area contributed by atoms with Crippen LogP contribution in [0.25, 0.3) is 0 Å². The largest absolute Gasteiger partial charge is 0.480 e. The van der Waals surface area contributed by atoms with Crippen molar-refractivity contribution in [2.75, 3.05) is 5.75 Å². The first-order chi connectivity index (χ1) is 7.33. The third-order valence-corrected chi connectivity index (χ3v) is 3.23. The topological polar surface area (TPSA) is 115 Å². The van der Waals surface area contributed by atoms with Gasteiger partial charge in [0.1, 0.15) is 0 Å². The lowest BCUT2D eigenvalue weighted by atomic mass is 10.3. The second-order valence-corrected chi connectivity index (χ2v) is 4.81. The van der Waals surface area contributed by atoms with Crippen LogP contribution in [0.15, 0.2) is 23.1 Å². The van der Waals surface area contributed by atoms with Crippen molar-refractivity contribution in [3.63, 3.8) is 0 Å². The van der Waals surface area contributed by atoms with E-state index in [4.69, 9.17) is 5.11 Å². The van der Waals surface area contributed by atoms with E-state index in [0.29, 0.717) is 0 Å². The molecule has 0 atom stereocenters. The van der Waals surface area contributed by atoms with Crippen LogP contribution in [0.4, 0.5) is 5.69 Å². The normalized spacial score (nSPS) is 11.0. The summed E-state index contributed by atoms with van der Waals surface area (Å²) in [5, 5.41) is 18.7. The van der Waals surface area contributed by atoms with E-state index in [2.05, 4.69) is 6.07 Å². The van der Waals surface area contributed by atoms with Gasteiger partial charge >= 0.3 is 5.97 Å². The van der Waals surface area contributed by atoms with E-state index >= 15 is 0 Å². The number of non-ortho nitro benzene ring substituents is 1. The molecule has 0 aromatic heterocycles. The number of carboxylic acids is 1. The lowest BCUT2D eigenvalue weighted by Crippen LogP contribution is -2.15. The first-order valence-electron chi connectivity index (χ1n) is 3.93. The zero-order valence-electron chi connectivity index (χ0n) is 7.78. The Bertz CT molecular complexity index is 535. The molecular weight excluding hydrogens is 238 g/mol. The predicted molar refractivity (Wildman–Crippen MR) is 51.6 cm³/mol. The smallest absolute Gasteiger partial charge is 0.319 e. The molecule has 1 aromatic carbocycles. The molecule has 0 fully saturated rings. The maximum absolute atomic E-state index is 11.4. The summed E-state index contributed by atoms with van der Waals surface area (Å²) in [6.45, 7) is 0. The number of hydrogen-bond donors (Lipinski definition) is 1. The van der Waals surface area contributed by atoms with E-state index in [0.717, 1.165) is 18.2 Å². The Hall–Kier alpha value is -1.96. The van der Waals surface area contributed by atoms with E-state index in [1.54, 1.807) is 0 Å². The maximum Gasteiger partial charge on any atom is 0.319 e. The molecule has 0 spiro atoms. The molecule has 0 aliphatic heterocycles. The molecule has 1 N–H and O–H groups in total. The highest BCUT2D eigenvalue weighted by molar-refractivity contribution is 7.92. The number of carboxylic acid groups (broad SMARTS) is 1. The van der Waals surface area contributed by atoms with Crippen LogP contribution >= 0.6 is 0 Å². The first kappa shape index (κ1) is 12.1. The van der Waals surface area contributed by atoms with Crippen molar-refractivity contribution < 1.29 is 23.2 Å². The fraction of sp³-hybridized carbons (Fsp3) is 0.125. The fourth-order valence-electron chi connectivity index (χ4n) is 0.978. The second kappa shape index (κ2) is 4.27. The van der Waals surface area contributed by atoms with Gasteiger partial charge in [0.2, 0.25) is 0 Å². The summed E-state index contributed by atoms with van der Waals surface area (Å²) in [4.78, 5) is 19.4. The van der Waals surface area contributed by atoms with Crippen LogP contribution in [-0.2, 0) is 14.6 Å². The number of nitro groups is 1. The van der Waals surface area contributed by atoms with Crippen LogP contribution in [0.2, 0.25) is 0 Å². The summed E-state index contributed by atoms with van der Waals surface area (Å²) in [6.07, 6.45) is 0. The molecule has 0 heterocycles. The standard InChI is InChI=1S/C8H6NO6S/c10-8(11)5-16(14,15)7-3-1-2-6(4-7)9(12)13/h1,3-4H,5H2,(H,10,11). The van der Waals surface area contributed by atoms with Crippen LogP contribution in [-0.4, -0.2) is 30.2 Å². The average Bonchev–Trinajstić information content (AvgIpc) is 2.16. The van der Waals surface area contributed by atoms with Gasteiger partial charge < -0.3 is 5.11 Å². The number of benzene rings is 1. The molecule has 1 aromatic rings. The van der Waals surface area contributed by atoms with Crippen LogP contribution in [0.3, 0.4) is 0 Å². The Morgan fingerprint density at radius 2 is 2.19 bits per heavy atom. The van der Waals surface area contributed by atoms with Gasteiger partial charge in [-0.2, -0.15) is 0 Å². The molecule has 1 rings (SSSR count). The highest BCUT2D eigenvalue weighted by Crippen LogP contribution is 2.17. The number of sulfone groups is 1. The number of nitro benzene ring substituents is 1. The number of hydrogen-bond acceptors (Lipinski definition) is 5. The summed E-state index contributed by atoms with van der Waals surface area (Å²) < 4.78 is 22.8. The summed E-state index contributed by atoms with van der Waals surface area (Å²) >= 11 is 0. The van der Waals surface area contributed by atoms with Crippen molar-refractivity contribution in [2.24, 2.45) is 0 Å². The molecular formula is C8H6NO6S. The van der Waals surface area contributed by atoms with Crippen molar-refractivity contribution in [3.8, 4) is 0 Å². The molecule has 0 amide bonds. The van der Waals surface area contributed by atoms with Crippen LogP contribution in [0.1, 0.15) is 0 Å². The van der Waals surface area contributed by atoms with Gasteiger partial charge in [-0.25, -0.2) is 8.42 Å². The highest BCUT2D eigenvalue weighted by atomic mass is 32.2. The summed E-state index contributed by atoms with van der Waals surface area (Å²) in [5.74, 6) is -2.62. The third-order valence-electron chi connectivity index (χ3n) is 1.63. The van der Waals surface area contributed by atoms with Gasteiger partial charge in [-0.3, -0.25) is 14.9 Å². The molecule has 85 valence electrons. The molecule has 7 nitrogen and oxygen atoms in total. The molecule has 0 unspecified atom stereocenters. The number of aliphatic carboxylic acids is 1. The Morgan fingerprint density at radius 3 is 2.69 bits per heavy atom. The van der Waals surface area contributed by atoms with Crippen LogP contribution in [0, 0.1) is 16.2 Å². The first-order valence-corrected chi connectivity index (χ1v) is 5.59. The minimum atomic E-state index is -4.04. The van der Waals surface area contributed by atoms with Gasteiger partial charge in [0.15, 0.2) is 15.6 Å². The van der Waals surface area contributed by atoms with Gasteiger partial charge in [-0.05, 0) is 12.1 Å². The zero-order valence-corrected chi connectivity index (χ0v) is 8.60. The SMILES string of the molecule is O=C(O)CS(=O)(=O)c1cc[c]c([N+](=O)[O-])c1. The number of carbonyl (C=O) groups is 1. The van der Waals surface area contributed by atoms with Gasteiger partial charge in [-0.15, -0.1) is 0 Å². The highest BCUT2D eigenvalue weighted by Gasteiger charge is 2.21. The average molecular weight is 244 g/mol. The monoisotopic (exact) mass is 244 g/mol. The molecule has 16 heavy (non-hydrogen) atoms. The Morgan fingerprint density at radius 1 is 1.56 bits per heavy atom. The minimum absolute atomic E-state index is 0.402. The van der Waals surface area contributed by atoms with Crippen molar-refractivity contribution in [1.29, 1.82) is 0 Å². The fourth-order valence-corrected chi connectivity index (χ4v) is 2.04. The lowest BCUT2D eigenvalue weighted by molar-refractivity contribution is -0.385. The van der Waals surface area contributed by atoms with Crippen LogP contribution < -0.4 is 0 Å². The molecule has 0 aliphatic rings. The number of rotatable bonds is 4. The molecule has 0 bridgehead atoms. The molecule has 0 saturated heterocycles. The molecule has 8 heteroatoms. The Kier molecular flexibility index (Phi) is 3.23. The van der Waals surface area contributed by atoms with E-state index in [9.17, 15) is 23.3 Å². The van der Waals surface area contributed by atoms with Crippen molar-refractivity contribution >= 4 is 21.5 Å². The van der Waals surface area contributed by atoms with E-state index in [1.807, 2.05) is 0 Å². The molecule has 0 saturated carbocycles. The maximum atomic E-state index is 11.4. The molecule has 1 radical (unpaired) electrons. The lowest BCUT2D eigenvalue weighted by Gasteiger charge is -2.00. The second-order valence-electron chi connectivity index (χ2n) is 2.82. The van der Waals surface area contributed by atoms with Gasteiger partial charge in [0.25, 0.3) is 5.69 Å². The van der Waals surface area contributed by atoms with Crippen molar-refractivity contribution in [2.45, 2.75) is 4.90 Å². The summed E-state index contributed by atoms with van der Waals surface area (Å²) in [7, 11) is -4.04. The van der Waals surface area contributed by atoms with Gasteiger partial charge in [0, 0.05) is 6.07 Å². The predicted octanol–water partition coefficient (Wildman–Crippen LogP) is 0.253. The van der Waals surface area contributed by atoms with E-state index in [1.165, 1.54) is 0 Å². The van der Waals surface area contributed by atoms with Crippen molar-refractivity contribution in [1.82, 2.24) is 0 Å². The Balaban J connectivity index is 3.19. The zero-order chi connectivity index (χ0) is 12.3. The van der Waals surface area contributed by atoms with Crippen molar-refractivity contribution in [3.05, 3.63) is 34.4 Å². The molecule has 0 aliphatic carbocycles. The third kappa shape index (κ3) is 2.76. The Labute approximate surface area is 90.4 Å². The summed E-state index contributed by atoms with van der Waals surface area (Å²) in [5.41, 5.74) is -0.522. The number of nitrogens with zero attached hydrogens (tertiary/aromatic N) is 1. The quantitative estimate of drug-likeness (QED) is 0.599. The summed E-state index contributed by atoms with van der Waals surface area (Å²) in [6, 6.07) is 5.12. The van der Waals surface area contributed by atoms with Crippen LogP contribution in [0.5, 0.6) is 0 Å². The van der Waals surface area contributed by atoms with Gasteiger partial charge in [0.05, 0.1) is 15.9 Å². The minimum Gasteiger partial charge on any atom is -0.480 e. The van der Waals surface area contributed by atoms with E-state index < -0.39 is 37.1 Å².